The normalized spacial score (nSPS) is 20.2. The monoisotopic (exact) mass is 346 g/mol. The second kappa shape index (κ2) is 8.17. The number of likely N-dealkylation sites (N-methyl/N-ethyl adjacent to an activating group) is 1. The van der Waals surface area contributed by atoms with E-state index in [-0.39, 0.29) is 6.17 Å². The number of anilines is 1. The van der Waals surface area contributed by atoms with Crippen LogP contribution >= 0.6 is 0 Å². The average Bonchev–Trinajstić information content (AvgIpc) is 2.65. The van der Waals surface area contributed by atoms with Crippen molar-refractivity contribution >= 4 is 12.0 Å². The van der Waals surface area contributed by atoms with Crippen LogP contribution in [0.2, 0.25) is 0 Å². The molecule has 2 aliphatic rings. The lowest BCUT2D eigenvalue weighted by molar-refractivity contribution is -0.108. The summed E-state index contributed by atoms with van der Waals surface area (Å²) in [6.45, 7) is 6.01. The molecular weight excluding hydrogens is 316 g/mol. The first-order valence-electron chi connectivity index (χ1n) is 9.19. The molecule has 6 heteroatoms. The van der Waals surface area contributed by atoms with Crippen molar-refractivity contribution in [1.29, 1.82) is 0 Å². The van der Waals surface area contributed by atoms with Crippen molar-refractivity contribution in [2.24, 2.45) is 5.73 Å². The molecule has 0 bridgehead atoms. The highest BCUT2D eigenvalue weighted by Crippen LogP contribution is 2.36. The molecule has 2 N–H and O–H groups in total. The molecule has 0 aromatic heterocycles. The van der Waals surface area contributed by atoms with E-state index in [0.717, 1.165) is 57.7 Å². The van der Waals surface area contributed by atoms with Gasteiger partial charge in [0.25, 0.3) is 0 Å². The van der Waals surface area contributed by atoms with Crippen LogP contribution in [0.4, 0.5) is 5.69 Å². The highest BCUT2D eigenvalue weighted by Gasteiger charge is 2.27. The van der Waals surface area contributed by atoms with E-state index in [1.807, 2.05) is 0 Å². The summed E-state index contributed by atoms with van der Waals surface area (Å²) in [5, 5.41) is 0. The van der Waals surface area contributed by atoms with Crippen molar-refractivity contribution in [2.45, 2.75) is 32.0 Å². The Morgan fingerprint density at radius 3 is 2.64 bits per heavy atom. The summed E-state index contributed by atoms with van der Waals surface area (Å²) in [4.78, 5) is 17.8. The van der Waals surface area contributed by atoms with E-state index in [0.29, 0.717) is 12.8 Å². The van der Waals surface area contributed by atoms with Gasteiger partial charge in [0.15, 0.2) is 0 Å². The van der Waals surface area contributed by atoms with Gasteiger partial charge < -0.3 is 25.1 Å². The van der Waals surface area contributed by atoms with E-state index in [2.05, 4.69) is 33.9 Å². The van der Waals surface area contributed by atoms with Crippen LogP contribution in [0.15, 0.2) is 12.1 Å². The molecule has 0 aliphatic carbocycles. The van der Waals surface area contributed by atoms with Crippen molar-refractivity contribution in [1.82, 2.24) is 9.80 Å². The first-order valence-corrected chi connectivity index (χ1v) is 9.19. The summed E-state index contributed by atoms with van der Waals surface area (Å²) in [7, 11) is 3.92. The van der Waals surface area contributed by atoms with E-state index in [1.54, 1.807) is 7.11 Å². The lowest BCUT2D eigenvalue weighted by Gasteiger charge is -2.39. The maximum atomic E-state index is 10.7. The highest BCUT2D eigenvalue weighted by molar-refractivity contribution is 5.62. The number of nitrogens with zero attached hydrogens (tertiary/aromatic N) is 3. The van der Waals surface area contributed by atoms with Gasteiger partial charge in [-0.3, -0.25) is 4.90 Å². The predicted molar refractivity (Wildman–Crippen MR) is 100 cm³/mol. The van der Waals surface area contributed by atoms with E-state index >= 15 is 0 Å². The number of rotatable bonds is 6. The van der Waals surface area contributed by atoms with Crippen molar-refractivity contribution in [3.05, 3.63) is 23.3 Å². The Bertz CT molecular complexity index is 599. The van der Waals surface area contributed by atoms with Gasteiger partial charge in [-0.25, -0.2) is 0 Å². The molecule has 2 aliphatic heterocycles. The smallest absolute Gasteiger partial charge is 0.122 e. The zero-order valence-electron chi connectivity index (χ0n) is 15.4. The molecule has 1 aromatic carbocycles. The van der Waals surface area contributed by atoms with Crippen molar-refractivity contribution in [3.63, 3.8) is 0 Å². The van der Waals surface area contributed by atoms with Gasteiger partial charge in [0.1, 0.15) is 12.0 Å². The van der Waals surface area contributed by atoms with Crippen LogP contribution in [0.25, 0.3) is 0 Å². The summed E-state index contributed by atoms with van der Waals surface area (Å²) >= 11 is 0. The molecular formula is C19H30N4O2. The molecule has 1 atom stereocenters. The fourth-order valence-corrected chi connectivity index (χ4v) is 3.89. The molecule has 1 unspecified atom stereocenters. The number of hydrogen-bond donors (Lipinski definition) is 1. The SMILES string of the molecule is COc1ccc(N2CCN(C)CC2)c2c1CCN(C(N)CCC=O)C2. The zero-order valence-corrected chi connectivity index (χ0v) is 15.4. The maximum Gasteiger partial charge on any atom is 0.122 e. The molecule has 1 saturated heterocycles. The molecule has 0 spiro atoms. The number of ether oxygens (including phenoxy) is 1. The minimum Gasteiger partial charge on any atom is -0.496 e. The van der Waals surface area contributed by atoms with Crippen LogP contribution in [-0.2, 0) is 17.8 Å². The molecule has 1 fully saturated rings. The third-order valence-corrected chi connectivity index (χ3v) is 5.49. The Morgan fingerprint density at radius 1 is 1.20 bits per heavy atom. The predicted octanol–water partition coefficient (Wildman–Crippen LogP) is 1.07. The van der Waals surface area contributed by atoms with Crippen molar-refractivity contribution in [3.8, 4) is 5.75 Å². The Labute approximate surface area is 150 Å². The standard InChI is InChI=1S/C19H30N4O2/c1-21-9-11-22(12-10-21)17-5-6-18(25-2)15-7-8-23(14-16(15)17)19(20)4-3-13-24/h5-6,13,19H,3-4,7-12,14,20H2,1-2H3. The number of nitrogens with two attached hydrogens (primary N) is 1. The number of carbonyl (C=O) groups excluding carboxylic acids is 1. The Kier molecular flexibility index (Phi) is 5.93. The number of piperazine rings is 1. The van der Waals surface area contributed by atoms with Gasteiger partial charge in [-0.15, -0.1) is 0 Å². The van der Waals surface area contributed by atoms with Gasteiger partial charge in [-0.05, 0) is 37.6 Å². The average molecular weight is 346 g/mol. The fourth-order valence-electron chi connectivity index (χ4n) is 3.89. The third-order valence-electron chi connectivity index (χ3n) is 5.49. The summed E-state index contributed by atoms with van der Waals surface area (Å²) in [5.41, 5.74) is 10.3. The van der Waals surface area contributed by atoms with Crippen molar-refractivity contribution < 1.29 is 9.53 Å². The van der Waals surface area contributed by atoms with Gasteiger partial charge in [-0.2, -0.15) is 0 Å². The summed E-state index contributed by atoms with van der Waals surface area (Å²) < 4.78 is 5.61. The van der Waals surface area contributed by atoms with Gasteiger partial charge in [0.05, 0.1) is 13.3 Å². The number of carbonyl (C=O) groups is 1. The lowest BCUT2D eigenvalue weighted by atomic mass is 9.95. The Hall–Kier alpha value is -1.63. The number of methoxy groups -OCH3 is 1. The number of benzene rings is 1. The van der Waals surface area contributed by atoms with Crippen LogP contribution in [-0.4, -0.2) is 69.1 Å². The first-order chi connectivity index (χ1) is 12.1. The quantitative estimate of drug-likeness (QED) is 0.778. The largest absolute Gasteiger partial charge is 0.496 e. The topological polar surface area (TPSA) is 62.0 Å². The lowest BCUT2D eigenvalue weighted by Crippen LogP contribution is -2.47. The van der Waals surface area contributed by atoms with Gasteiger partial charge in [-0.1, -0.05) is 0 Å². The number of hydrogen-bond acceptors (Lipinski definition) is 6. The van der Waals surface area contributed by atoms with Gasteiger partial charge in [0, 0.05) is 56.9 Å². The number of aldehydes is 1. The van der Waals surface area contributed by atoms with Gasteiger partial charge in [0.2, 0.25) is 0 Å². The van der Waals surface area contributed by atoms with Crippen LogP contribution in [0.5, 0.6) is 5.75 Å². The molecule has 0 saturated carbocycles. The molecule has 1 aromatic rings. The van der Waals surface area contributed by atoms with E-state index < -0.39 is 0 Å². The highest BCUT2D eigenvalue weighted by atomic mass is 16.5. The molecule has 0 amide bonds. The van der Waals surface area contributed by atoms with Crippen molar-refractivity contribution in [2.75, 3.05) is 51.8 Å². The van der Waals surface area contributed by atoms with E-state index in [4.69, 9.17) is 10.5 Å². The third kappa shape index (κ3) is 3.97. The molecule has 25 heavy (non-hydrogen) atoms. The second-order valence-corrected chi connectivity index (χ2v) is 7.07. The molecule has 2 heterocycles. The maximum absolute atomic E-state index is 10.7. The molecule has 138 valence electrons. The van der Waals surface area contributed by atoms with Gasteiger partial charge >= 0.3 is 0 Å². The van der Waals surface area contributed by atoms with Crippen LogP contribution < -0.4 is 15.4 Å². The second-order valence-electron chi connectivity index (χ2n) is 7.07. The van der Waals surface area contributed by atoms with E-state index in [1.165, 1.54) is 16.8 Å². The van der Waals surface area contributed by atoms with Crippen LogP contribution in [0, 0.1) is 0 Å². The minimum atomic E-state index is -0.0649. The minimum absolute atomic E-state index is 0.0649. The first kappa shape index (κ1) is 18.2. The van der Waals surface area contributed by atoms with Crippen LogP contribution in [0.1, 0.15) is 24.0 Å². The summed E-state index contributed by atoms with van der Waals surface area (Å²) in [5.74, 6) is 0.981. The van der Waals surface area contributed by atoms with E-state index in [9.17, 15) is 4.79 Å². The molecule has 0 radical (unpaired) electrons. The number of fused-ring (bicyclic) bond motifs is 1. The summed E-state index contributed by atoms with van der Waals surface area (Å²) in [6, 6.07) is 4.30. The Morgan fingerprint density at radius 2 is 1.96 bits per heavy atom. The Balaban J connectivity index is 1.85. The zero-order chi connectivity index (χ0) is 17.8. The molecule has 6 nitrogen and oxygen atoms in total. The fraction of sp³-hybridized carbons (Fsp3) is 0.632. The summed E-state index contributed by atoms with van der Waals surface area (Å²) in [6.07, 6.45) is 3.07. The van der Waals surface area contributed by atoms with Crippen LogP contribution in [0.3, 0.4) is 0 Å². The molecule has 3 rings (SSSR count).